The number of hydrogen-bond donors (Lipinski definition) is 1. The van der Waals surface area contributed by atoms with Crippen molar-refractivity contribution in [1.82, 2.24) is 10.2 Å². The second-order valence-electron chi connectivity index (χ2n) is 6.24. The second-order valence-corrected chi connectivity index (χ2v) is 6.24. The topological polar surface area (TPSA) is 24.5 Å². The lowest BCUT2D eigenvalue weighted by atomic mass is 9.87. The second kappa shape index (κ2) is 6.15. The van der Waals surface area contributed by atoms with Crippen molar-refractivity contribution in [3.8, 4) is 5.75 Å². The molecule has 1 aliphatic carbocycles. The third-order valence-electron chi connectivity index (χ3n) is 4.94. The van der Waals surface area contributed by atoms with Gasteiger partial charge in [-0.1, -0.05) is 6.07 Å². The van der Waals surface area contributed by atoms with Gasteiger partial charge in [0.25, 0.3) is 0 Å². The van der Waals surface area contributed by atoms with E-state index >= 15 is 0 Å². The molecule has 2 aliphatic rings. The standard InChI is InChI=1S/C17H26N2O/c1-18-11-13-7-8-19(12-13)16-5-3-14-4-6-17(20-2)10-15(14)9-16/h4,6,10,13,16,18H,3,5,7-9,11-12H2,1-2H3. The Kier molecular flexibility index (Phi) is 4.27. The molecular weight excluding hydrogens is 248 g/mol. The lowest BCUT2D eigenvalue weighted by Gasteiger charge is -2.32. The SMILES string of the molecule is CNCC1CCN(C2CCc3ccc(OC)cc3C2)C1. The lowest BCUT2D eigenvalue weighted by Crippen LogP contribution is -2.38. The van der Waals surface area contributed by atoms with Crippen molar-refractivity contribution < 1.29 is 4.74 Å². The van der Waals surface area contributed by atoms with Gasteiger partial charge < -0.3 is 10.1 Å². The van der Waals surface area contributed by atoms with Crippen LogP contribution in [-0.2, 0) is 12.8 Å². The van der Waals surface area contributed by atoms with Gasteiger partial charge in [-0.15, -0.1) is 0 Å². The molecule has 3 nitrogen and oxygen atoms in total. The molecule has 110 valence electrons. The summed E-state index contributed by atoms with van der Waals surface area (Å²) in [4.78, 5) is 2.71. The summed E-state index contributed by atoms with van der Waals surface area (Å²) in [6, 6.07) is 7.31. The largest absolute Gasteiger partial charge is 0.497 e. The minimum Gasteiger partial charge on any atom is -0.497 e. The molecule has 1 heterocycles. The summed E-state index contributed by atoms with van der Waals surface area (Å²) < 4.78 is 5.37. The van der Waals surface area contributed by atoms with Crippen LogP contribution in [0.15, 0.2) is 18.2 Å². The molecule has 0 bridgehead atoms. The Morgan fingerprint density at radius 3 is 3.00 bits per heavy atom. The van der Waals surface area contributed by atoms with Crippen molar-refractivity contribution in [3.05, 3.63) is 29.3 Å². The van der Waals surface area contributed by atoms with Gasteiger partial charge in [-0.3, -0.25) is 4.90 Å². The maximum absolute atomic E-state index is 5.37. The van der Waals surface area contributed by atoms with Gasteiger partial charge in [0.15, 0.2) is 0 Å². The van der Waals surface area contributed by atoms with E-state index in [2.05, 4.69) is 35.5 Å². The molecule has 1 N–H and O–H groups in total. The molecule has 1 aromatic carbocycles. The third kappa shape index (κ3) is 2.84. The van der Waals surface area contributed by atoms with Crippen molar-refractivity contribution in [2.24, 2.45) is 5.92 Å². The van der Waals surface area contributed by atoms with E-state index in [9.17, 15) is 0 Å². The van der Waals surface area contributed by atoms with Crippen LogP contribution in [0, 0.1) is 5.92 Å². The van der Waals surface area contributed by atoms with Gasteiger partial charge in [-0.2, -0.15) is 0 Å². The molecule has 2 atom stereocenters. The van der Waals surface area contributed by atoms with Gasteiger partial charge >= 0.3 is 0 Å². The number of ether oxygens (including phenoxy) is 1. The molecule has 3 rings (SSSR count). The van der Waals surface area contributed by atoms with Crippen LogP contribution >= 0.6 is 0 Å². The molecule has 0 radical (unpaired) electrons. The molecule has 1 aliphatic heterocycles. The first kappa shape index (κ1) is 13.9. The normalized spacial score (nSPS) is 26.5. The molecule has 0 amide bonds. The summed E-state index contributed by atoms with van der Waals surface area (Å²) >= 11 is 0. The highest BCUT2D eigenvalue weighted by Gasteiger charge is 2.30. The lowest BCUT2D eigenvalue weighted by molar-refractivity contribution is 0.214. The van der Waals surface area contributed by atoms with E-state index in [4.69, 9.17) is 4.74 Å². The van der Waals surface area contributed by atoms with E-state index in [-0.39, 0.29) is 0 Å². The van der Waals surface area contributed by atoms with E-state index in [1.165, 1.54) is 49.9 Å². The summed E-state index contributed by atoms with van der Waals surface area (Å²) in [6.07, 6.45) is 5.07. The molecule has 0 aromatic heterocycles. The van der Waals surface area contributed by atoms with E-state index in [0.29, 0.717) is 0 Å². The van der Waals surface area contributed by atoms with E-state index in [1.807, 2.05) is 0 Å². The van der Waals surface area contributed by atoms with E-state index in [0.717, 1.165) is 24.3 Å². The van der Waals surface area contributed by atoms with Gasteiger partial charge in [0.2, 0.25) is 0 Å². The Morgan fingerprint density at radius 2 is 2.20 bits per heavy atom. The fraction of sp³-hybridized carbons (Fsp3) is 0.647. The number of fused-ring (bicyclic) bond motifs is 1. The number of rotatable bonds is 4. The molecular formula is C17H26N2O. The number of nitrogens with zero attached hydrogens (tertiary/aromatic N) is 1. The Labute approximate surface area is 122 Å². The number of hydrogen-bond acceptors (Lipinski definition) is 3. The van der Waals surface area contributed by atoms with Gasteiger partial charge in [0.1, 0.15) is 5.75 Å². The molecule has 1 saturated heterocycles. The fourth-order valence-electron chi connectivity index (χ4n) is 3.80. The molecule has 1 aromatic rings. The minimum absolute atomic E-state index is 0.733. The highest BCUT2D eigenvalue weighted by Crippen LogP contribution is 2.30. The van der Waals surface area contributed by atoms with Crippen LogP contribution in [0.5, 0.6) is 5.75 Å². The molecule has 0 spiro atoms. The average Bonchev–Trinajstić information content (AvgIpc) is 2.95. The zero-order chi connectivity index (χ0) is 13.9. The number of aryl methyl sites for hydroxylation is 1. The first-order valence-electron chi connectivity index (χ1n) is 7.84. The molecule has 1 fully saturated rings. The zero-order valence-electron chi connectivity index (χ0n) is 12.7. The Hall–Kier alpha value is -1.06. The van der Waals surface area contributed by atoms with Gasteiger partial charge in [-0.05, 0) is 75.0 Å². The molecule has 3 heteroatoms. The van der Waals surface area contributed by atoms with Gasteiger partial charge in [0, 0.05) is 12.6 Å². The van der Waals surface area contributed by atoms with Crippen LogP contribution in [-0.4, -0.2) is 44.7 Å². The first-order valence-corrected chi connectivity index (χ1v) is 7.84. The third-order valence-corrected chi connectivity index (χ3v) is 4.94. The van der Waals surface area contributed by atoms with Crippen LogP contribution in [0.4, 0.5) is 0 Å². The monoisotopic (exact) mass is 274 g/mol. The van der Waals surface area contributed by atoms with Crippen LogP contribution in [0.1, 0.15) is 24.0 Å². The highest BCUT2D eigenvalue weighted by molar-refractivity contribution is 5.38. The molecule has 20 heavy (non-hydrogen) atoms. The summed E-state index contributed by atoms with van der Waals surface area (Å²) in [5.41, 5.74) is 3.02. The van der Waals surface area contributed by atoms with Gasteiger partial charge in [-0.25, -0.2) is 0 Å². The van der Waals surface area contributed by atoms with Gasteiger partial charge in [0.05, 0.1) is 7.11 Å². The number of benzene rings is 1. The first-order chi connectivity index (χ1) is 9.80. The minimum atomic E-state index is 0.733. The number of methoxy groups -OCH3 is 1. The van der Waals surface area contributed by atoms with E-state index < -0.39 is 0 Å². The molecule has 0 saturated carbocycles. The smallest absolute Gasteiger partial charge is 0.119 e. The maximum Gasteiger partial charge on any atom is 0.119 e. The van der Waals surface area contributed by atoms with E-state index in [1.54, 1.807) is 7.11 Å². The van der Waals surface area contributed by atoms with Crippen molar-refractivity contribution in [2.75, 3.05) is 33.8 Å². The quantitative estimate of drug-likeness (QED) is 0.910. The number of likely N-dealkylation sites (tertiary alicyclic amines) is 1. The highest BCUT2D eigenvalue weighted by atomic mass is 16.5. The predicted octanol–water partition coefficient (Wildman–Crippen LogP) is 2.09. The van der Waals surface area contributed by atoms with Crippen LogP contribution in [0.25, 0.3) is 0 Å². The Balaban J connectivity index is 1.66. The fourth-order valence-corrected chi connectivity index (χ4v) is 3.80. The summed E-state index contributed by atoms with van der Waals surface area (Å²) in [6.45, 7) is 3.70. The van der Waals surface area contributed by atoms with Crippen molar-refractivity contribution >= 4 is 0 Å². The summed E-state index contributed by atoms with van der Waals surface area (Å²) in [5.74, 6) is 1.84. The Morgan fingerprint density at radius 1 is 1.30 bits per heavy atom. The summed E-state index contributed by atoms with van der Waals surface area (Å²) in [5, 5.41) is 3.32. The summed E-state index contributed by atoms with van der Waals surface area (Å²) in [7, 11) is 3.82. The number of nitrogens with one attached hydrogen (secondary N) is 1. The molecule has 2 unspecified atom stereocenters. The van der Waals surface area contributed by atoms with Crippen molar-refractivity contribution in [3.63, 3.8) is 0 Å². The predicted molar refractivity (Wildman–Crippen MR) is 82.4 cm³/mol. The van der Waals surface area contributed by atoms with Crippen LogP contribution in [0.2, 0.25) is 0 Å². The van der Waals surface area contributed by atoms with Crippen molar-refractivity contribution in [2.45, 2.75) is 31.7 Å². The Bertz CT molecular complexity index is 460. The van der Waals surface area contributed by atoms with Crippen molar-refractivity contribution in [1.29, 1.82) is 0 Å². The average molecular weight is 274 g/mol. The maximum atomic E-state index is 5.37. The van der Waals surface area contributed by atoms with Crippen LogP contribution < -0.4 is 10.1 Å². The zero-order valence-corrected chi connectivity index (χ0v) is 12.7. The van der Waals surface area contributed by atoms with Crippen LogP contribution in [0.3, 0.4) is 0 Å².